The first-order valence-corrected chi connectivity index (χ1v) is 16.1. The zero-order valence-electron chi connectivity index (χ0n) is 26.3. The predicted octanol–water partition coefficient (Wildman–Crippen LogP) is 11.2. The summed E-state index contributed by atoms with van der Waals surface area (Å²) in [5.74, 6) is 0.713. The van der Waals surface area contributed by atoms with E-state index in [1.807, 2.05) is 18.3 Å². The first-order valence-electron chi connectivity index (χ1n) is 16.1. The SMILES string of the molecule is CC1(C)c2ccccc2-c2cc3ccc4ccc(-c5nc(-c6ccccc6)cc(-c6ccc(-c7cccnc7)cc6)n5)cc4c3cc21. The van der Waals surface area contributed by atoms with Gasteiger partial charge in [0.15, 0.2) is 5.82 Å². The van der Waals surface area contributed by atoms with Crippen molar-refractivity contribution in [2.75, 3.05) is 0 Å². The number of rotatable bonds is 4. The normalized spacial score (nSPS) is 13.1. The first kappa shape index (κ1) is 27.4. The second-order valence-electron chi connectivity index (χ2n) is 12.9. The van der Waals surface area contributed by atoms with E-state index in [-0.39, 0.29) is 5.41 Å². The topological polar surface area (TPSA) is 38.7 Å². The summed E-state index contributed by atoms with van der Waals surface area (Å²) in [6, 6.07) is 49.8. The molecule has 3 nitrogen and oxygen atoms in total. The average molecular weight is 602 g/mol. The monoisotopic (exact) mass is 601 g/mol. The van der Waals surface area contributed by atoms with E-state index in [0.717, 1.165) is 39.2 Å². The molecule has 0 radical (unpaired) electrons. The smallest absolute Gasteiger partial charge is 0.160 e. The lowest BCUT2D eigenvalue weighted by Gasteiger charge is -2.22. The molecule has 3 heteroatoms. The van der Waals surface area contributed by atoms with Crippen LogP contribution in [-0.2, 0) is 5.41 Å². The Morgan fingerprint density at radius 1 is 0.447 bits per heavy atom. The summed E-state index contributed by atoms with van der Waals surface area (Å²) >= 11 is 0. The molecule has 0 amide bonds. The van der Waals surface area contributed by atoms with E-state index in [0.29, 0.717) is 5.82 Å². The second kappa shape index (κ2) is 10.6. The van der Waals surface area contributed by atoms with Gasteiger partial charge < -0.3 is 0 Å². The predicted molar refractivity (Wildman–Crippen MR) is 194 cm³/mol. The van der Waals surface area contributed by atoms with Gasteiger partial charge >= 0.3 is 0 Å². The fraction of sp³-hybridized carbons (Fsp3) is 0.0682. The van der Waals surface area contributed by atoms with Crippen molar-refractivity contribution in [3.63, 3.8) is 0 Å². The van der Waals surface area contributed by atoms with Crippen LogP contribution in [0, 0.1) is 0 Å². The van der Waals surface area contributed by atoms with Crippen molar-refractivity contribution in [1.29, 1.82) is 0 Å². The van der Waals surface area contributed by atoms with Gasteiger partial charge in [0.1, 0.15) is 0 Å². The van der Waals surface area contributed by atoms with Crippen molar-refractivity contribution in [3.8, 4) is 56.2 Å². The lowest BCUT2D eigenvalue weighted by molar-refractivity contribution is 0.661. The van der Waals surface area contributed by atoms with Crippen LogP contribution in [0.2, 0.25) is 0 Å². The van der Waals surface area contributed by atoms with Crippen molar-refractivity contribution in [3.05, 3.63) is 163 Å². The molecule has 9 rings (SSSR count). The number of pyridine rings is 1. The van der Waals surface area contributed by atoms with Gasteiger partial charge in [-0.25, -0.2) is 9.97 Å². The third-order valence-corrected chi connectivity index (χ3v) is 9.77. The Morgan fingerprint density at radius 3 is 1.87 bits per heavy atom. The maximum atomic E-state index is 5.17. The Bertz CT molecular complexity index is 2460. The minimum absolute atomic E-state index is 0.0610. The van der Waals surface area contributed by atoms with Crippen molar-refractivity contribution in [1.82, 2.24) is 15.0 Å². The second-order valence-corrected chi connectivity index (χ2v) is 12.9. The van der Waals surface area contributed by atoms with Crippen molar-refractivity contribution >= 4 is 21.5 Å². The molecule has 6 aromatic carbocycles. The molecule has 0 N–H and O–H groups in total. The van der Waals surface area contributed by atoms with Gasteiger partial charge in [-0.05, 0) is 85.3 Å². The third kappa shape index (κ3) is 4.54. The number of fused-ring (bicyclic) bond motifs is 6. The lowest BCUT2D eigenvalue weighted by atomic mass is 9.81. The number of aromatic nitrogens is 3. The molecule has 0 aliphatic heterocycles. The molecule has 8 aromatic rings. The molecule has 1 aliphatic carbocycles. The van der Waals surface area contributed by atoms with Crippen molar-refractivity contribution in [2.24, 2.45) is 0 Å². The van der Waals surface area contributed by atoms with E-state index in [1.54, 1.807) is 6.20 Å². The van der Waals surface area contributed by atoms with Crippen LogP contribution in [-0.4, -0.2) is 15.0 Å². The molecular formula is C44H31N3. The fourth-order valence-electron chi connectivity index (χ4n) is 7.24. The number of hydrogen-bond acceptors (Lipinski definition) is 3. The molecular weight excluding hydrogens is 571 g/mol. The van der Waals surface area contributed by atoms with E-state index < -0.39 is 0 Å². The van der Waals surface area contributed by atoms with Gasteiger partial charge in [-0.15, -0.1) is 0 Å². The Hall–Kier alpha value is -5.93. The average Bonchev–Trinajstić information content (AvgIpc) is 3.36. The highest BCUT2D eigenvalue weighted by molar-refractivity contribution is 6.10. The summed E-state index contributed by atoms with van der Waals surface area (Å²) < 4.78 is 0. The van der Waals surface area contributed by atoms with Crippen LogP contribution in [0.4, 0.5) is 0 Å². The summed E-state index contributed by atoms with van der Waals surface area (Å²) in [7, 11) is 0. The number of nitrogens with zero attached hydrogens (tertiary/aromatic N) is 3. The maximum absolute atomic E-state index is 5.17. The minimum Gasteiger partial charge on any atom is -0.264 e. The van der Waals surface area contributed by atoms with Crippen LogP contribution < -0.4 is 0 Å². The van der Waals surface area contributed by atoms with Crippen LogP contribution in [0.15, 0.2) is 152 Å². The van der Waals surface area contributed by atoms with Gasteiger partial charge in [-0.3, -0.25) is 4.98 Å². The standard InChI is InChI=1S/C44H31N3/c1-44(2)39-13-7-6-12-35(39)38-23-32-20-16-29-17-21-33(24-36(29)37(32)25-40(38)44)43-46-41(30-9-4-3-5-10-30)26-42(47-43)31-18-14-28(15-19-31)34-11-8-22-45-27-34/h3-27H,1-2H3. The molecule has 222 valence electrons. The molecule has 0 fully saturated rings. The summed E-state index contributed by atoms with van der Waals surface area (Å²) in [6.45, 7) is 4.68. The zero-order valence-corrected chi connectivity index (χ0v) is 26.3. The quantitative estimate of drug-likeness (QED) is 0.188. The first-order chi connectivity index (χ1) is 23.0. The minimum atomic E-state index is -0.0610. The molecule has 0 atom stereocenters. The Kier molecular flexibility index (Phi) is 6.16. The summed E-state index contributed by atoms with van der Waals surface area (Å²) in [5.41, 5.74) is 12.5. The van der Waals surface area contributed by atoms with Crippen LogP contribution in [0.25, 0.3) is 77.7 Å². The van der Waals surface area contributed by atoms with Crippen LogP contribution >= 0.6 is 0 Å². The fourth-order valence-corrected chi connectivity index (χ4v) is 7.24. The maximum Gasteiger partial charge on any atom is 0.160 e. The van der Waals surface area contributed by atoms with Gasteiger partial charge in [0.05, 0.1) is 11.4 Å². The van der Waals surface area contributed by atoms with Crippen molar-refractivity contribution < 1.29 is 0 Å². The van der Waals surface area contributed by atoms with Crippen LogP contribution in [0.5, 0.6) is 0 Å². The Morgan fingerprint density at radius 2 is 1.09 bits per heavy atom. The van der Waals surface area contributed by atoms with E-state index in [2.05, 4.69) is 146 Å². The summed E-state index contributed by atoms with van der Waals surface area (Å²) in [5, 5.41) is 4.93. The lowest BCUT2D eigenvalue weighted by Crippen LogP contribution is -2.14. The van der Waals surface area contributed by atoms with Gasteiger partial charge in [0.2, 0.25) is 0 Å². The Labute approximate surface area is 274 Å². The molecule has 2 aromatic heterocycles. The van der Waals surface area contributed by atoms with E-state index in [9.17, 15) is 0 Å². The van der Waals surface area contributed by atoms with Crippen LogP contribution in [0.3, 0.4) is 0 Å². The molecule has 0 unspecified atom stereocenters. The molecule has 0 spiro atoms. The largest absolute Gasteiger partial charge is 0.264 e. The van der Waals surface area contributed by atoms with E-state index >= 15 is 0 Å². The Balaban J connectivity index is 1.20. The van der Waals surface area contributed by atoms with Gasteiger partial charge in [-0.1, -0.05) is 123 Å². The molecule has 0 bridgehead atoms. The third-order valence-electron chi connectivity index (χ3n) is 9.77. The highest BCUT2D eigenvalue weighted by Gasteiger charge is 2.35. The molecule has 2 heterocycles. The van der Waals surface area contributed by atoms with Crippen LogP contribution in [0.1, 0.15) is 25.0 Å². The van der Waals surface area contributed by atoms with E-state index in [4.69, 9.17) is 9.97 Å². The highest BCUT2D eigenvalue weighted by Crippen LogP contribution is 2.50. The highest BCUT2D eigenvalue weighted by atomic mass is 14.9. The zero-order chi connectivity index (χ0) is 31.5. The number of benzene rings is 6. The van der Waals surface area contributed by atoms with E-state index in [1.165, 1.54) is 43.8 Å². The summed E-state index contributed by atoms with van der Waals surface area (Å²) in [4.78, 5) is 14.6. The molecule has 1 aliphatic rings. The molecule has 47 heavy (non-hydrogen) atoms. The summed E-state index contributed by atoms with van der Waals surface area (Å²) in [6.07, 6.45) is 3.69. The van der Waals surface area contributed by atoms with Gasteiger partial charge in [0.25, 0.3) is 0 Å². The number of hydrogen-bond donors (Lipinski definition) is 0. The van der Waals surface area contributed by atoms with Gasteiger partial charge in [-0.2, -0.15) is 0 Å². The van der Waals surface area contributed by atoms with Crippen molar-refractivity contribution in [2.45, 2.75) is 19.3 Å². The molecule has 0 saturated heterocycles. The molecule has 0 saturated carbocycles. The van der Waals surface area contributed by atoms with Gasteiger partial charge in [0, 0.05) is 34.5 Å².